The highest BCUT2D eigenvalue weighted by Crippen LogP contribution is 2.21. The normalized spacial score (nSPS) is 11.9. The summed E-state index contributed by atoms with van der Waals surface area (Å²) in [6, 6.07) is 6.29. The second-order valence-electron chi connectivity index (χ2n) is 3.92. The van der Waals surface area contributed by atoms with Crippen molar-refractivity contribution < 1.29 is 23.4 Å². The van der Waals surface area contributed by atoms with Crippen LogP contribution in [0.25, 0.3) is 5.69 Å². The third-order valence-corrected chi connectivity index (χ3v) is 2.88. The first-order valence-electron chi connectivity index (χ1n) is 5.93. The molecule has 0 aliphatic rings. The molecule has 0 bridgehead atoms. The molecule has 1 aromatic carbocycles. The summed E-state index contributed by atoms with van der Waals surface area (Å²) >= 11 is -2.44. The van der Waals surface area contributed by atoms with Crippen LogP contribution in [0, 0.1) is 0 Å². The van der Waals surface area contributed by atoms with Crippen LogP contribution < -0.4 is 4.72 Å². The Bertz CT molecular complexity index is 685. The number of aromatic hydroxyl groups is 1. The predicted octanol–water partition coefficient (Wildman–Crippen LogP) is 0.961. The fraction of sp³-hybridized carbons (Fsp3) is 0.167. The van der Waals surface area contributed by atoms with Crippen LogP contribution in [0.5, 0.6) is 5.75 Å². The van der Waals surface area contributed by atoms with Gasteiger partial charge in [-0.2, -0.15) is 5.10 Å². The fourth-order valence-corrected chi connectivity index (χ4v) is 1.97. The van der Waals surface area contributed by atoms with Crippen molar-refractivity contribution in [2.24, 2.45) is 0 Å². The number of nitrogens with zero attached hydrogens (tertiary/aromatic N) is 2. The molecule has 1 atom stereocenters. The molecule has 1 heterocycles. The van der Waals surface area contributed by atoms with Gasteiger partial charge in [0.2, 0.25) is 5.69 Å². The van der Waals surface area contributed by atoms with Crippen molar-refractivity contribution in [1.29, 1.82) is 0 Å². The Morgan fingerprint density at radius 2 is 2.33 bits per heavy atom. The third-order valence-electron chi connectivity index (χ3n) is 2.48. The highest BCUT2D eigenvalue weighted by atomic mass is 32.2. The Labute approximate surface area is 122 Å². The number of ether oxygens (including phenoxy) is 1. The highest BCUT2D eigenvalue weighted by Gasteiger charge is 2.18. The van der Waals surface area contributed by atoms with E-state index in [1.165, 1.54) is 16.9 Å². The maximum Gasteiger partial charge on any atom is 0.362 e. The van der Waals surface area contributed by atoms with Crippen molar-refractivity contribution in [3.63, 3.8) is 0 Å². The van der Waals surface area contributed by atoms with Crippen LogP contribution in [0.1, 0.15) is 17.4 Å². The molecule has 1 unspecified atom stereocenters. The summed E-state index contributed by atoms with van der Waals surface area (Å²) < 4.78 is 29.4. The molecule has 8 nitrogen and oxygen atoms in total. The molecule has 0 aliphatic carbocycles. The Morgan fingerprint density at radius 1 is 1.57 bits per heavy atom. The Kier molecular flexibility index (Phi) is 4.55. The second kappa shape index (κ2) is 6.37. The Balaban J connectivity index is 2.32. The smallest absolute Gasteiger partial charge is 0.362 e. The molecule has 0 spiro atoms. The van der Waals surface area contributed by atoms with Crippen molar-refractivity contribution >= 4 is 22.9 Å². The summed E-state index contributed by atoms with van der Waals surface area (Å²) in [4.78, 5) is 11.6. The number of rotatable bonds is 5. The quantitative estimate of drug-likeness (QED) is 0.627. The lowest BCUT2D eigenvalue weighted by molar-refractivity contribution is 0.0515. The highest BCUT2D eigenvalue weighted by molar-refractivity contribution is 7.80. The van der Waals surface area contributed by atoms with Gasteiger partial charge in [-0.1, -0.05) is 6.07 Å². The molecule has 2 N–H and O–H groups in total. The maximum absolute atomic E-state index is 11.6. The van der Waals surface area contributed by atoms with Gasteiger partial charge in [0.1, 0.15) is 0 Å². The van der Waals surface area contributed by atoms with E-state index < -0.39 is 17.2 Å². The lowest BCUT2D eigenvalue weighted by Gasteiger charge is -2.09. The lowest BCUT2D eigenvalue weighted by atomic mass is 10.3. The first-order valence-corrected chi connectivity index (χ1v) is 7.01. The van der Waals surface area contributed by atoms with E-state index in [4.69, 9.17) is 4.74 Å². The molecule has 1 aromatic heterocycles. The first-order chi connectivity index (χ1) is 10.0. The van der Waals surface area contributed by atoms with Crippen LogP contribution in [0.2, 0.25) is 0 Å². The number of anilines is 1. The van der Waals surface area contributed by atoms with Gasteiger partial charge >= 0.3 is 5.97 Å². The van der Waals surface area contributed by atoms with Gasteiger partial charge in [-0.05, 0) is 25.1 Å². The molecule has 21 heavy (non-hydrogen) atoms. The molecule has 0 radical (unpaired) electrons. The zero-order chi connectivity index (χ0) is 15.4. The first kappa shape index (κ1) is 15.0. The van der Waals surface area contributed by atoms with Crippen LogP contribution in [0.3, 0.4) is 0 Å². The number of aromatic nitrogens is 2. The average Bonchev–Trinajstić information content (AvgIpc) is 2.81. The standard InChI is InChI=1S/C12H13N3O5S/c1-2-20-12(17)11-10(16)7-15(13-11)9-5-3-4-8(6-9)14-21(18)19/h3-7,14,16H,2H2,1H3,(H,18,19)/p-1. The molecular weight excluding hydrogens is 298 g/mol. The van der Waals surface area contributed by atoms with Crippen molar-refractivity contribution in [2.45, 2.75) is 6.92 Å². The molecular formula is C12H12N3O5S-. The van der Waals surface area contributed by atoms with Crippen LogP contribution in [0.15, 0.2) is 30.5 Å². The molecule has 2 rings (SSSR count). The van der Waals surface area contributed by atoms with Crippen molar-refractivity contribution in [1.82, 2.24) is 9.78 Å². The minimum Gasteiger partial charge on any atom is -0.755 e. The van der Waals surface area contributed by atoms with Crippen molar-refractivity contribution in [2.75, 3.05) is 11.3 Å². The van der Waals surface area contributed by atoms with Gasteiger partial charge in [-0.25, -0.2) is 9.48 Å². The summed E-state index contributed by atoms with van der Waals surface area (Å²) in [5.41, 5.74) is 0.590. The molecule has 0 saturated heterocycles. The van der Waals surface area contributed by atoms with Gasteiger partial charge in [0, 0.05) is 17.0 Å². The van der Waals surface area contributed by atoms with E-state index in [9.17, 15) is 18.7 Å². The molecule has 112 valence electrons. The van der Waals surface area contributed by atoms with Crippen LogP contribution >= 0.6 is 0 Å². The summed E-state index contributed by atoms with van der Waals surface area (Å²) in [5.74, 6) is -1.05. The van der Waals surface area contributed by atoms with E-state index in [1.54, 1.807) is 25.1 Å². The SMILES string of the molecule is CCOC(=O)c1nn(-c2cccc(NS(=O)[O-])c2)cc1O. The third kappa shape index (κ3) is 3.58. The maximum atomic E-state index is 11.6. The van der Waals surface area contributed by atoms with Gasteiger partial charge in [-0.15, -0.1) is 0 Å². The zero-order valence-electron chi connectivity index (χ0n) is 11.0. The minimum absolute atomic E-state index is 0.167. The summed E-state index contributed by atoms with van der Waals surface area (Å²) in [6.07, 6.45) is 1.24. The summed E-state index contributed by atoms with van der Waals surface area (Å²) in [5, 5.41) is 13.6. The predicted molar refractivity (Wildman–Crippen MR) is 73.7 cm³/mol. The van der Waals surface area contributed by atoms with Crippen LogP contribution in [-0.2, 0) is 16.0 Å². The van der Waals surface area contributed by atoms with E-state index in [-0.39, 0.29) is 18.1 Å². The number of hydrogen-bond acceptors (Lipinski definition) is 6. The lowest BCUT2D eigenvalue weighted by Crippen LogP contribution is -2.07. The van der Waals surface area contributed by atoms with E-state index in [1.807, 2.05) is 0 Å². The van der Waals surface area contributed by atoms with E-state index >= 15 is 0 Å². The number of nitrogens with one attached hydrogen (secondary N) is 1. The zero-order valence-corrected chi connectivity index (χ0v) is 11.8. The number of carbonyl (C=O) groups is 1. The van der Waals surface area contributed by atoms with E-state index in [0.717, 1.165) is 0 Å². The van der Waals surface area contributed by atoms with Crippen molar-refractivity contribution in [3.05, 3.63) is 36.2 Å². The molecule has 0 saturated carbocycles. The molecule has 9 heteroatoms. The van der Waals surface area contributed by atoms with Crippen LogP contribution in [-0.4, -0.2) is 36.2 Å². The molecule has 2 aromatic rings. The summed E-state index contributed by atoms with van der Waals surface area (Å²) in [7, 11) is 0. The van der Waals surface area contributed by atoms with Gasteiger partial charge in [-0.3, -0.25) is 4.21 Å². The van der Waals surface area contributed by atoms with Gasteiger partial charge in [0.25, 0.3) is 0 Å². The average molecular weight is 310 g/mol. The fourth-order valence-electron chi connectivity index (χ4n) is 1.65. The van der Waals surface area contributed by atoms with Gasteiger partial charge < -0.3 is 19.1 Å². The minimum atomic E-state index is -2.44. The largest absolute Gasteiger partial charge is 0.755 e. The molecule has 0 amide bonds. The Hall–Kier alpha value is -2.39. The number of hydrogen-bond donors (Lipinski definition) is 2. The molecule has 0 aliphatic heterocycles. The van der Waals surface area contributed by atoms with Crippen LogP contribution in [0.4, 0.5) is 5.69 Å². The van der Waals surface area contributed by atoms with Gasteiger partial charge in [0.05, 0.1) is 18.5 Å². The number of carbonyl (C=O) groups excluding carboxylic acids is 1. The number of esters is 1. The topological polar surface area (TPSA) is 117 Å². The van der Waals surface area contributed by atoms with E-state index in [2.05, 4.69) is 9.82 Å². The molecule has 0 fully saturated rings. The number of benzene rings is 1. The van der Waals surface area contributed by atoms with Crippen molar-refractivity contribution in [3.8, 4) is 11.4 Å². The summed E-state index contributed by atoms with van der Waals surface area (Å²) in [6.45, 7) is 1.81. The van der Waals surface area contributed by atoms with E-state index in [0.29, 0.717) is 11.4 Å². The second-order valence-corrected chi connectivity index (χ2v) is 4.59. The Morgan fingerprint density at radius 3 is 3.00 bits per heavy atom. The monoisotopic (exact) mass is 310 g/mol. The van der Waals surface area contributed by atoms with Gasteiger partial charge in [0.15, 0.2) is 5.75 Å².